The summed E-state index contributed by atoms with van der Waals surface area (Å²) in [6.45, 7) is 0.579. The third-order valence-corrected chi connectivity index (χ3v) is 4.84. The van der Waals surface area contributed by atoms with Crippen LogP contribution in [0.5, 0.6) is 0 Å². The Bertz CT molecular complexity index is 753. The molecule has 0 unspecified atom stereocenters. The molecule has 2 rings (SSSR count). The summed E-state index contributed by atoms with van der Waals surface area (Å²) < 4.78 is 17.5. The highest BCUT2D eigenvalue weighted by Crippen LogP contribution is 2.28. The molecule has 0 saturated heterocycles. The van der Waals surface area contributed by atoms with Gasteiger partial charge in [0.25, 0.3) is 0 Å². The molecule has 0 bridgehead atoms. The van der Waals surface area contributed by atoms with Crippen LogP contribution in [-0.2, 0) is 14.3 Å². The summed E-state index contributed by atoms with van der Waals surface area (Å²) in [4.78, 5) is 24.8. The van der Waals surface area contributed by atoms with Crippen molar-refractivity contribution in [2.24, 2.45) is 0 Å². The summed E-state index contributed by atoms with van der Waals surface area (Å²) >= 11 is 1.54. The van der Waals surface area contributed by atoms with Gasteiger partial charge in [-0.25, -0.2) is 4.39 Å². The third kappa shape index (κ3) is 6.80. The van der Waals surface area contributed by atoms with E-state index in [0.717, 1.165) is 34.6 Å². The largest absolute Gasteiger partial charge is 0.469 e. The first kappa shape index (κ1) is 19.8. The number of methoxy groups -OCH3 is 1. The van der Waals surface area contributed by atoms with Gasteiger partial charge in [0.15, 0.2) is 0 Å². The molecular formula is C20H22FNO3S. The second-order valence-electron chi connectivity index (χ2n) is 5.72. The van der Waals surface area contributed by atoms with Gasteiger partial charge in [-0.1, -0.05) is 18.6 Å². The maximum Gasteiger partial charge on any atom is 0.305 e. The average Bonchev–Trinajstić information content (AvgIpc) is 3.12. The van der Waals surface area contributed by atoms with Gasteiger partial charge in [-0.15, -0.1) is 11.3 Å². The lowest BCUT2D eigenvalue weighted by Gasteiger charge is -2.02. The quantitative estimate of drug-likeness (QED) is 0.401. The Hall–Kier alpha value is -2.47. The molecule has 138 valence electrons. The van der Waals surface area contributed by atoms with E-state index < -0.39 is 0 Å². The fraction of sp³-hybridized carbons (Fsp3) is 0.300. The Labute approximate surface area is 156 Å². The van der Waals surface area contributed by atoms with E-state index in [1.807, 2.05) is 12.1 Å². The lowest BCUT2D eigenvalue weighted by atomic mass is 10.2. The van der Waals surface area contributed by atoms with Crippen LogP contribution in [0.15, 0.2) is 42.5 Å². The van der Waals surface area contributed by atoms with Crippen LogP contribution >= 0.6 is 11.3 Å². The Kier molecular flexibility index (Phi) is 8.02. The van der Waals surface area contributed by atoms with Gasteiger partial charge in [0, 0.05) is 28.8 Å². The van der Waals surface area contributed by atoms with Crippen molar-refractivity contribution in [1.29, 1.82) is 0 Å². The summed E-state index contributed by atoms with van der Waals surface area (Å²) in [6.07, 6.45) is 6.15. The van der Waals surface area contributed by atoms with Crippen molar-refractivity contribution in [2.45, 2.75) is 25.7 Å². The number of nitrogens with one attached hydrogen (secondary N) is 1. The number of thiophene rings is 1. The zero-order chi connectivity index (χ0) is 18.8. The summed E-state index contributed by atoms with van der Waals surface area (Å²) in [5.74, 6) is -0.602. The lowest BCUT2D eigenvalue weighted by molar-refractivity contribution is -0.140. The van der Waals surface area contributed by atoms with Gasteiger partial charge in [-0.2, -0.15) is 0 Å². The minimum atomic E-state index is -0.257. The summed E-state index contributed by atoms with van der Waals surface area (Å²) in [5.41, 5.74) is 0.951. The minimum Gasteiger partial charge on any atom is -0.469 e. The Balaban J connectivity index is 1.71. The third-order valence-electron chi connectivity index (χ3n) is 3.74. The number of carbonyl (C=O) groups excluding carboxylic acids is 2. The van der Waals surface area contributed by atoms with Crippen LogP contribution in [0.3, 0.4) is 0 Å². The minimum absolute atomic E-state index is 0.144. The Morgan fingerprint density at radius 1 is 1.12 bits per heavy atom. The van der Waals surface area contributed by atoms with Crippen LogP contribution in [0.4, 0.5) is 4.39 Å². The molecule has 2 aromatic rings. The highest BCUT2D eigenvalue weighted by atomic mass is 32.1. The maximum atomic E-state index is 13.0. The standard InChI is InChI=1S/C20H22FNO3S/c1-25-20(24)5-3-2-4-14-22-19(23)13-11-17-10-12-18(26-17)15-6-8-16(21)9-7-15/h6-13H,2-5,14H2,1H3,(H,22,23)/b13-11+. The molecule has 1 aromatic carbocycles. The van der Waals surface area contributed by atoms with E-state index in [1.54, 1.807) is 29.5 Å². The predicted molar refractivity (Wildman–Crippen MR) is 102 cm³/mol. The molecule has 0 fully saturated rings. The highest BCUT2D eigenvalue weighted by Gasteiger charge is 2.03. The molecule has 0 atom stereocenters. The SMILES string of the molecule is COC(=O)CCCCCNC(=O)/C=C/c1ccc(-c2ccc(F)cc2)s1. The molecule has 6 heteroatoms. The normalized spacial score (nSPS) is 10.8. The molecule has 0 saturated carbocycles. The number of rotatable bonds is 9. The van der Waals surface area contributed by atoms with Crippen molar-refractivity contribution < 1.29 is 18.7 Å². The van der Waals surface area contributed by atoms with E-state index in [9.17, 15) is 14.0 Å². The van der Waals surface area contributed by atoms with Crippen LogP contribution in [0.25, 0.3) is 16.5 Å². The van der Waals surface area contributed by atoms with Gasteiger partial charge in [0.1, 0.15) is 5.82 Å². The first-order valence-corrected chi connectivity index (χ1v) is 9.28. The van der Waals surface area contributed by atoms with E-state index in [-0.39, 0.29) is 17.7 Å². The Morgan fingerprint density at radius 2 is 1.88 bits per heavy atom. The Morgan fingerprint density at radius 3 is 2.62 bits per heavy atom. The number of hydrogen-bond acceptors (Lipinski definition) is 4. The van der Waals surface area contributed by atoms with Gasteiger partial charge in [0.05, 0.1) is 7.11 Å². The molecule has 0 aliphatic carbocycles. The fourth-order valence-corrected chi connectivity index (χ4v) is 3.23. The number of halogens is 1. The highest BCUT2D eigenvalue weighted by molar-refractivity contribution is 7.16. The van der Waals surface area contributed by atoms with Crippen molar-refractivity contribution in [3.63, 3.8) is 0 Å². The van der Waals surface area contributed by atoms with Crippen molar-refractivity contribution in [3.05, 3.63) is 53.2 Å². The van der Waals surface area contributed by atoms with E-state index >= 15 is 0 Å². The maximum absolute atomic E-state index is 13.0. The second-order valence-corrected chi connectivity index (χ2v) is 6.84. The van der Waals surface area contributed by atoms with Crippen molar-refractivity contribution in [2.75, 3.05) is 13.7 Å². The number of benzene rings is 1. The van der Waals surface area contributed by atoms with Crippen LogP contribution in [0, 0.1) is 5.82 Å². The van der Waals surface area contributed by atoms with E-state index in [0.29, 0.717) is 13.0 Å². The first-order valence-electron chi connectivity index (χ1n) is 8.47. The summed E-state index contributed by atoms with van der Waals surface area (Å²) in [7, 11) is 1.38. The van der Waals surface area contributed by atoms with Crippen LogP contribution in [0.1, 0.15) is 30.6 Å². The monoisotopic (exact) mass is 375 g/mol. The zero-order valence-corrected chi connectivity index (χ0v) is 15.5. The van der Waals surface area contributed by atoms with Gasteiger partial charge in [0.2, 0.25) is 5.91 Å². The zero-order valence-electron chi connectivity index (χ0n) is 14.7. The van der Waals surface area contributed by atoms with Crippen molar-refractivity contribution >= 4 is 29.3 Å². The number of amides is 1. The molecule has 1 aromatic heterocycles. The van der Waals surface area contributed by atoms with Crippen LogP contribution < -0.4 is 5.32 Å². The number of unbranched alkanes of at least 4 members (excludes halogenated alkanes) is 2. The van der Waals surface area contributed by atoms with E-state index in [2.05, 4.69) is 10.1 Å². The number of esters is 1. The molecule has 1 heterocycles. The van der Waals surface area contributed by atoms with Gasteiger partial charge < -0.3 is 10.1 Å². The molecule has 26 heavy (non-hydrogen) atoms. The molecule has 4 nitrogen and oxygen atoms in total. The summed E-state index contributed by atoms with van der Waals surface area (Å²) in [5, 5.41) is 2.82. The predicted octanol–water partition coefficient (Wildman–Crippen LogP) is 4.42. The molecular weight excluding hydrogens is 353 g/mol. The molecule has 1 amide bonds. The number of carbonyl (C=O) groups is 2. The lowest BCUT2D eigenvalue weighted by Crippen LogP contribution is -2.21. The van der Waals surface area contributed by atoms with Crippen molar-refractivity contribution in [1.82, 2.24) is 5.32 Å². The molecule has 1 N–H and O–H groups in total. The van der Waals surface area contributed by atoms with Crippen molar-refractivity contribution in [3.8, 4) is 10.4 Å². The average molecular weight is 375 g/mol. The molecule has 0 aliphatic heterocycles. The number of ether oxygens (including phenoxy) is 1. The van der Waals surface area contributed by atoms with E-state index in [4.69, 9.17) is 0 Å². The summed E-state index contributed by atoms with van der Waals surface area (Å²) in [6, 6.07) is 10.2. The topological polar surface area (TPSA) is 55.4 Å². The number of hydrogen-bond donors (Lipinski definition) is 1. The van der Waals surface area contributed by atoms with Crippen LogP contribution in [0.2, 0.25) is 0 Å². The molecule has 0 spiro atoms. The van der Waals surface area contributed by atoms with Crippen LogP contribution in [-0.4, -0.2) is 25.5 Å². The van der Waals surface area contributed by atoms with Gasteiger partial charge >= 0.3 is 5.97 Å². The van der Waals surface area contributed by atoms with E-state index in [1.165, 1.54) is 25.3 Å². The van der Waals surface area contributed by atoms with Gasteiger partial charge in [-0.05, 0) is 48.7 Å². The fourth-order valence-electron chi connectivity index (χ4n) is 2.31. The smallest absolute Gasteiger partial charge is 0.305 e. The molecule has 0 aliphatic rings. The molecule has 0 radical (unpaired) electrons. The first-order chi connectivity index (χ1) is 12.6. The second kappa shape index (κ2) is 10.5. The van der Waals surface area contributed by atoms with Gasteiger partial charge in [-0.3, -0.25) is 9.59 Å².